The van der Waals surface area contributed by atoms with Crippen molar-refractivity contribution in [2.45, 2.75) is 174 Å². The van der Waals surface area contributed by atoms with Gasteiger partial charge < -0.3 is 20.1 Å². The van der Waals surface area contributed by atoms with Crippen LogP contribution in [-0.4, -0.2) is 49.9 Å². The molecule has 0 aromatic heterocycles. The number of ether oxygens (including phenoxy) is 2. The van der Waals surface area contributed by atoms with E-state index in [1.165, 1.54) is 83.5 Å². The summed E-state index contributed by atoms with van der Waals surface area (Å²) in [5.74, 6) is -0.356. The Morgan fingerprint density at radius 3 is 1.56 bits per heavy atom. The van der Waals surface area contributed by atoms with Crippen LogP contribution in [0.1, 0.15) is 168 Å². The highest BCUT2D eigenvalue weighted by molar-refractivity contribution is 7.47. The molecule has 312 valence electrons. The smallest absolute Gasteiger partial charge is 0.457 e. The predicted molar refractivity (Wildman–Crippen MR) is 228 cm³/mol. The maximum atomic E-state index is 12.6. The molecule has 0 saturated carbocycles. The molecule has 9 heteroatoms. The van der Waals surface area contributed by atoms with Gasteiger partial charge in [0.25, 0.3) is 0 Å². The van der Waals surface area contributed by atoms with Gasteiger partial charge in [-0.25, -0.2) is 4.57 Å². The number of phosphoric acid groups is 1. The highest BCUT2D eigenvalue weighted by Crippen LogP contribution is 2.43. The van der Waals surface area contributed by atoms with Gasteiger partial charge in [0.1, 0.15) is 6.10 Å². The molecule has 0 aliphatic heterocycles. The minimum atomic E-state index is -4.29. The van der Waals surface area contributed by atoms with Crippen LogP contribution in [-0.2, 0) is 27.9 Å². The van der Waals surface area contributed by atoms with Gasteiger partial charge in [-0.2, -0.15) is 0 Å². The number of allylic oxidation sites excluding steroid dienone is 12. The SMILES string of the molecule is CC/C=C\C/C=C\C/C=C\C/C=C\CCCOCC(COP(=O)(O)OCCN)OC(=O)CCCCCCCCCCC/C=C\C/C=C\CCCCCCC. The Morgan fingerprint density at radius 2 is 1.04 bits per heavy atom. The fourth-order valence-electron chi connectivity index (χ4n) is 5.50. The van der Waals surface area contributed by atoms with Gasteiger partial charge in [0.05, 0.1) is 19.8 Å². The Hall–Kier alpha value is -2.06. The van der Waals surface area contributed by atoms with Gasteiger partial charge in [-0.15, -0.1) is 0 Å². The van der Waals surface area contributed by atoms with Crippen LogP contribution in [0.3, 0.4) is 0 Å². The number of unbranched alkanes of at least 4 members (excludes halogenated alkanes) is 15. The lowest BCUT2D eigenvalue weighted by molar-refractivity contribution is -0.154. The Kier molecular flexibility index (Phi) is 40.5. The Bertz CT molecular complexity index is 1050. The van der Waals surface area contributed by atoms with Crippen molar-refractivity contribution in [1.29, 1.82) is 0 Å². The maximum absolute atomic E-state index is 12.6. The summed E-state index contributed by atoms with van der Waals surface area (Å²) < 4.78 is 33.3. The van der Waals surface area contributed by atoms with E-state index in [0.717, 1.165) is 64.2 Å². The lowest BCUT2D eigenvalue weighted by Gasteiger charge is -2.20. The summed E-state index contributed by atoms with van der Waals surface area (Å²) in [6, 6.07) is 0. The summed E-state index contributed by atoms with van der Waals surface area (Å²) >= 11 is 0. The Labute approximate surface area is 331 Å². The van der Waals surface area contributed by atoms with Crippen LogP contribution in [0.5, 0.6) is 0 Å². The molecule has 2 unspecified atom stereocenters. The summed E-state index contributed by atoms with van der Waals surface area (Å²) in [6.07, 6.45) is 52.2. The van der Waals surface area contributed by atoms with Crippen LogP contribution < -0.4 is 5.73 Å². The monoisotopic (exact) mass is 778 g/mol. The third-order valence-electron chi connectivity index (χ3n) is 8.61. The summed E-state index contributed by atoms with van der Waals surface area (Å²) in [4.78, 5) is 22.5. The van der Waals surface area contributed by atoms with Gasteiger partial charge in [-0.3, -0.25) is 13.8 Å². The third-order valence-corrected chi connectivity index (χ3v) is 9.59. The average Bonchev–Trinajstić information content (AvgIpc) is 3.16. The number of carbonyl (C=O) groups excluding carboxylic acids is 1. The summed E-state index contributed by atoms with van der Waals surface area (Å²) in [7, 11) is -4.29. The van der Waals surface area contributed by atoms with Crippen LogP contribution in [0, 0.1) is 0 Å². The highest BCUT2D eigenvalue weighted by atomic mass is 31.2. The van der Waals surface area contributed by atoms with E-state index in [4.69, 9.17) is 24.3 Å². The topological polar surface area (TPSA) is 117 Å². The molecule has 3 N–H and O–H groups in total. The lowest BCUT2D eigenvalue weighted by atomic mass is 10.1. The van der Waals surface area contributed by atoms with Gasteiger partial charge in [-0.05, 0) is 77.0 Å². The van der Waals surface area contributed by atoms with Crippen molar-refractivity contribution in [2.75, 3.05) is 33.0 Å². The van der Waals surface area contributed by atoms with E-state index in [0.29, 0.717) is 13.0 Å². The molecule has 0 rings (SSSR count). The van der Waals surface area contributed by atoms with E-state index >= 15 is 0 Å². The van der Waals surface area contributed by atoms with Crippen LogP contribution in [0.4, 0.5) is 0 Å². The van der Waals surface area contributed by atoms with Crippen LogP contribution in [0.2, 0.25) is 0 Å². The van der Waals surface area contributed by atoms with Crippen molar-refractivity contribution < 1.29 is 32.8 Å². The van der Waals surface area contributed by atoms with E-state index in [1.807, 2.05) is 0 Å². The number of nitrogens with two attached hydrogens (primary N) is 1. The molecule has 0 aromatic carbocycles. The molecule has 0 radical (unpaired) electrons. The van der Waals surface area contributed by atoms with Gasteiger partial charge in [0.2, 0.25) is 0 Å². The molecule has 0 aliphatic carbocycles. The van der Waals surface area contributed by atoms with Crippen molar-refractivity contribution in [2.24, 2.45) is 5.73 Å². The Balaban J connectivity index is 4.10. The summed E-state index contributed by atoms with van der Waals surface area (Å²) in [5.41, 5.74) is 5.36. The van der Waals surface area contributed by atoms with E-state index in [2.05, 4.69) is 86.8 Å². The number of rotatable bonds is 40. The maximum Gasteiger partial charge on any atom is 0.472 e. The second kappa shape index (κ2) is 42.1. The normalized spacial score (nSPS) is 14.2. The first-order valence-corrected chi connectivity index (χ1v) is 22.9. The minimum absolute atomic E-state index is 0.0732. The highest BCUT2D eigenvalue weighted by Gasteiger charge is 2.25. The first kappa shape index (κ1) is 51.9. The number of hydrogen-bond acceptors (Lipinski definition) is 7. The molecular formula is C45H80NO7P. The predicted octanol–water partition coefficient (Wildman–Crippen LogP) is 12.7. The van der Waals surface area contributed by atoms with Crippen molar-refractivity contribution >= 4 is 13.8 Å². The van der Waals surface area contributed by atoms with Crippen molar-refractivity contribution in [3.05, 3.63) is 72.9 Å². The van der Waals surface area contributed by atoms with E-state index < -0.39 is 13.9 Å². The molecule has 0 saturated heterocycles. The van der Waals surface area contributed by atoms with Gasteiger partial charge >= 0.3 is 13.8 Å². The molecule has 0 fully saturated rings. The zero-order chi connectivity index (χ0) is 39.5. The summed E-state index contributed by atoms with van der Waals surface area (Å²) in [6.45, 7) is 4.62. The molecule has 2 atom stereocenters. The molecule has 0 aliphatic rings. The third kappa shape index (κ3) is 41.1. The summed E-state index contributed by atoms with van der Waals surface area (Å²) in [5, 5.41) is 0. The molecule has 0 aromatic rings. The molecular weight excluding hydrogens is 697 g/mol. The number of esters is 1. The van der Waals surface area contributed by atoms with Gasteiger partial charge in [-0.1, -0.05) is 157 Å². The van der Waals surface area contributed by atoms with Crippen LogP contribution in [0.25, 0.3) is 0 Å². The van der Waals surface area contributed by atoms with Gasteiger partial charge in [0.15, 0.2) is 0 Å². The number of carbonyl (C=O) groups is 1. The van der Waals surface area contributed by atoms with Crippen molar-refractivity contribution in [1.82, 2.24) is 0 Å². The molecule has 0 spiro atoms. The first-order valence-electron chi connectivity index (χ1n) is 21.4. The van der Waals surface area contributed by atoms with E-state index in [9.17, 15) is 14.3 Å². The fourth-order valence-corrected chi connectivity index (χ4v) is 6.27. The van der Waals surface area contributed by atoms with Gasteiger partial charge in [0, 0.05) is 19.6 Å². The van der Waals surface area contributed by atoms with Crippen LogP contribution in [0.15, 0.2) is 72.9 Å². The molecule has 0 heterocycles. The van der Waals surface area contributed by atoms with Crippen molar-refractivity contribution in [3.8, 4) is 0 Å². The largest absolute Gasteiger partial charge is 0.472 e. The standard InChI is InChI=1S/C45H80NO7P/c1-3-5-7-9-11-13-15-17-19-20-21-22-23-24-25-26-28-30-32-34-36-38-45(47)53-44(43-52-54(48,49)51-41-39-46)42-50-40-37-35-33-31-29-27-18-16-14-12-10-8-6-4-2/h6,8,12,14-15,17-18,20-21,27,31,33,44H,3-5,7,9-11,13,16,19,22-26,28-30,32,34-43,46H2,1-2H3,(H,48,49)/b8-6-,14-12-,17-15-,21-20-,27-18-,33-31-. The number of phosphoric ester groups is 1. The number of hydrogen-bond donors (Lipinski definition) is 2. The molecule has 0 amide bonds. The molecule has 0 bridgehead atoms. The zero-order valence-corrected chi connectivity index (χ0v) is 35.3. The van der Waals surface area contributed by atoms with Crippen LogP contribution >= 0.6 is 7.82 Å². The fraction of sp³-hybridized carbons (Fsp3) is 0.711. The van der Waals surface area contributed by atoms with E-state index in [-0.39, 0.29) is 32.3 Å². The first-order chi connectivity index (χ1) is 26.4. The molecule has 8 nitrogen and oxygen atoms in total. The minimum Gasteiger partial charge on any atom is -0.457 e. The van der Waals surface area contributed by atoms with Crippen molar-refractivity contribution in [3.63, 3.8) is 0 Å². The zero-order valence-electron chi connectivity index (χ0n) is 34.4. The lowest BCUT2D eigenvalue weighted by Crippen LogP contribution is -2.28. The quantitative estimate of drug-likeness (QED) is 0.0273. The average molecular weight is 778 g/mol. The second-order valence-electron chi connectivity index (χ2n) is 13.8. The van der Waals surface area contributed by atoms with E-state index in [1.54, 1.807) is 0 Å². The molecule has 54 heavy (non-hydrogen) atoms. The second-order valence-corrected chi connectivity index (χ2v) is 15.3. The Morgan fingerprint density at radius 1 is 0.574 bits per heavy atom.